The van der Waals surface area contributed by atoms with Gasteiger partial charge in [-0.25, -0.2) is 0 Å². The average Bonchev–Trinajstić information content (AvgIpc) is 2.66. The molecule has 0 atom stereocenters. The predicted molar refractivity (Wildman–Crippen MR) is 127 cm³/mol. The van der Waals surface area contributed by atoms with Gasteiger partial charge in [0.05, 0.1) is 0 Å². The maximum Gasteiger partial charge on any atom is 0.155 e. The maximum absolute atomic E-state index is 11.7. The van der Waals surface area contributed by atoms with Crippen LogP contribution in [0.25, 0.3) is 0 Å². The van der Waals surface area contributed by atoms with Crippen LogP contribution in [0.3, 0.4) is 0 Å². The van der Waals surface area contributed by atoms with Crippen molar-refractivity contribution in [2.45, 2.75) is 96.9 Å². The molecule has 0 heterocycles. The summed E-state index contributed by atoms with van der Waals surface area (Å²) in [5.41, 5.74) is 15.1. The van der Waals surface area contributed by atoms with E-state index >= 15 is 0 Å². The minimum atomic E-state index is 0.140. The van der Waals surface area contributed by atoms with Crippen molar-refractivity contribution in [2.24, 2.45) is 0 Å². The highest BCUT2D eigenvalue weighted by atomic mass is 16.1. The number of carbonyl (C=O) groups excluding carboxylic acids is 1. The Morgan fingerprint density at radius 2 is 0.464 bits per heavy atom. The molecule has 0 saturated carbocycles. The largest absolute Gasteiger partial charge is 0.295 e. The maximum atomic E-state index is 11.7. The monoisotopic (exact) mass is 382 g/mol. The zero-order valence-electron chi connectivity index (χ0n) is 20.9. The highest BCUT2D eigenvalue weighted by Gasteiger charge is 2.12. The molecule has 156 valence electrons. The van der Waals surface area contributed by atoms with Crippen LogP contribution in [0.15, 0.2) is 66.9 Å². The molecule has 1 nitrogen and oxygen atoms in total. The van der Waals surface area contributed by atoms with E-state index in [1.807, 2.05) is 13.8 Å². The third-order valence-corrected chi connectivity index (χ3v) is 6.90. The molecule has 0 aliphatic rings. The highest BCUT2D eigenvalue weighted by Crippen LogP contribution is 2.31. The molecule has 0 fully saturated rings. The Bertz CT molecular complexity index is 839. The van der Waals surface area contributed by atoms with Gasteiger partial charge in [-0.1, -0.05) is 5.57 Å². The topological polar surface area (TPSA) is 17.1 Å². The molecule has 0 rings (SSSR count). The molecule has 0 saturated heterocycles. The number of hydrogen-bond donors (Lipinski definition) is 0. The van der Waals surface area contributed by atoms with Crippen LogP contribution in [0.4, 0.5) is 0 Å². The van der Waals surface area contributed by atoms with E-state index in [2.05, 4.69) is 76.2 Å². The first-order valence-electron chi connectivity index (χ1n) is 10.2. The van der Waals surface area contributed by atoms with Gasteiger partial charge < -0.3 is 0 Å². The molecule has 0 unspecified atom stereocenters. The number of ketones is 1. The first-order valence-corrected chi connectivity index (χ1v) is 10.2. The molecule has 0 aliphatic carbocycles. The second-order valence-corrected chi connectivity index (χ2v) is 8.43. The van der Waals surface area contributed by atoms with Crippen LogP contribution in [-0.2, 0) is 4.79 Å². The summed E-state index contributed by atoms with van der Waals surface area (Å²) >= 11 is 0. The second-order valence-electron chi connectivity index (χ2n) is 8.43. The van der Waals surface area contributed by atoms with Gasteiger partial charge in [-0.15, -0.1) is 0 Å². The van der Waals surface area contributed by atoms with Gasteiger partial charge in [-0.2, -0.15) is 0 Å². The van der Waals surface area contributed by atoms with Gasteiger partial charge in [-0.05, 0) is 158 Å². The van der Waals surface area contributed by atoms with E-state index in [1.54, 1.807) is 6.92 Å². The quantitative estimate of drug-likeness (QED) is 0.332. The second kappa shape index (κ2) is 10.6. The lowest BCUT2D eigenvalue weighted by Gasteiger charge is -2.18. The van der Waals surface area contributed by atoms with Crippen LogP contribution in [0.2, 0.25) is 0 Å². The van der Waals surface area contributed by atoms with Crippen molar-refractivity contribution >= 4 is 5.78 Å². The first kappa shape index (κ1) is 26.1. The van der Waals surface area contributed by atoms with E-state index in [-0.39, 0.29) is 5.78 Å². The molecule has 0 bridgehead atoms. The lowest BCUT2D eigenvalue weighted by atomic mass is 9.87. The van der Waals surface area contributed by atoms with Crippen molar-refractivity contribution in [1.29, 1.82) is 0 Å². The van der Waals surface area contributed by atoms with Crippen molar-refractivity contribution in [3.8, 4) is 0 Å². The Morgan fingerprint density at radius 3 is 0.643 bits per heavy atom. The predicted octanol–water partition coefficient (Wildman–Crippen LogP) is 8.61. The van der Waals surface area contributed by atoms with Crippen molar-refractivity contribution in [3.05, 3.63) is 66.9 Å². The standard InChI is InChI=1S/C27H42O/c1-15(2)16(3)17(4)18(5)19(6)20(7)21(8)22(9)23(10)24(11)25(12)26(13)27(14)28/h1-14H3/b18-17+,20-19+,22-21+,24-23+,26-25+. The lowest BCUT2D eigenvalue weighted by molar-refractivity contribution is -0.113. The van der Waals surface area contributed by atoms with Gasteiger partial charge in [0.1, 0.15) is 0 Å². The van der Waals surface area contributed by atoms with E-state index in [1.165, 1.54) is 55.7 Å². The van der Waals surface area contributed by atoms with Gasteiger partial charge >= 0.3 is 0 Å². The lowest BCUT2D eigenvalue weighted by Crippen LogP contribution is -2.00. The summed E-state index contributed by atoms with van der Waals surface area (Å²) in [6.45, 7) is 29.7. The van der Waals surface area contributed by atoms with Crippen LogP contribution in [0.5, 0.6) is 0 Å². The van der Waals surface area contributed by atoms with Gasteiger partial charge in [-0.3, -0.25) is 4.79 Å². The molecule has 0 spiro atoms. The van der Waals surface area contributed by atoms with Crippen molar-refractivity contribution in [2.75, 3.05) is 0 Å². The van der Waals surface area contributed by atoms with Crippen molar-refractivity contribution in [1.82, 2.24) is 0 Å². The fourth-order valence-corrected chi connectivity index (χ4v) is 3.17. The Labute approximate surface area is 174 Å². The third-order valence-electron chi connectivity index (χ3n) is 6.90. The molecule has 28 heavy (non-hydrogen) atoms. The summed E-state index contributed by atoms with van der Waals surface area (Å²) in [6.07, 6.45) is 0. The van der Waals surface area contributed by atoms with Crippen LogP contribution in [-0.4, -0.2) is 5.78 Å². The summed E-state index contributed by atoms with van der Waals surface area (Å²) < 4.78 is 0. The summed E-state index contributed by atoms with van der Waals surface area (Å²) in [7, 11) is 0. The number of rotatable bonds is 6. The van der Waals surface area contributed by atoms with Crippen molar-refractivity contribution in [3.63, 3.8) is 0 Å². The Balaban J connectivity index is 6.52. The molecule has 1 heteroatoms. The molecule has 0 aromatic carbocycles. The Morgan fingerprint density at radius 1 is 0.286 bits per heavy atom. The van der Waals surface area contributed by atoms with Crippen LogP contribution in [0, 0.1) is 0 Å². The van der Waals surface area contributed by atoms with E-state index in [0.717, 1.165) is 11.1 Å². The fraction of sp³-hybridized carbons (Fsp3) is 0.519. The SMILES string of the molecule is CC(=O)/C(C)=C(C)/C(C)=C(C)/C(C)=C(C)/C(C)=C(C)/C(C)=C(\C)C(C)=C(C)C. The Hall–Kier alpha value is -1.89. The summed E-state index contributed by atoms with van der Waals surface area (Å²) in [5.74, 6) is 0.140. The van der Waals surface area contributed by atoms with Gasteiger partial charge in [0.25, 0.3) is 0 Å². The number of Topliss-reactive ketones (excluding diaryl/α,β-unsaturated/α-hetero) is 1. The number of hydrogen-bond acceptors (Lipinski definition) is 1. The number of allylic oxidation sites excluding steroid dienone is 12. The summed E-state index contributed by atoms with van der Waals surface area (Å²) in [6, 6.07) is 0. The fourth-order valence-electron chi connectivity index (χ4n) is 3.17. The molecule has 0 N–H and O–H groups in total. The number of carbonyl (C=O) groups is 1. The smallest absolute Gasteiger partial charge is 0.155 e. The molecular formula is C27H42O. The van der Waals surface area contributed by atoms with Gasteiger partial charge in [0.2, 0.25) is 0 Å². The van der Waals surface area contributed by atoms with Crippen LogP contribution in [0.1, 0.15) is 96.9 Å². The van der Waals surface area contributed by atoms with E-state index in [4.69, 9.17) is 0 Å². The summed E-state index contributed by atoms with van der Waals surface area (Å²) in [4.78, 5) is 11.7. The molecule has 0 radical (unpaired) electrons. The summed E-state index contributed by atoms with van der Waals surface area (Å²) in [5, 5.41) is 0. The Kier molecular flexibility index (Phi) is 9.88. The molecule has 0 aromatic rings. The molecule has 0 aliphatic heterocycles. The zero-order valence-corrected chi connectivity index (χ0v) is 20.9. The van der Waals surface area contributed by atoms with E-state index in [0.29, 0.717) is 0 Å². The average molecular weight is 383 g/mol. The zero-order chi connectivity index (χ0) is 22.5. The normalized spacial score (nSPS) is 16.4. The van der Waals surface area contributed by atoms with Crippen LogP contribution < -0.4 is 0 Å². The van der Waals surface area contributed by atoms with Gasteiger partial charge in [0, 0.05) is 0 Å². The molecular weight excluding hydrogens is 340 g/mol. The van der Waals surface area contributed by atoms with Crippen molar-refractivity contribution < 1.29 is 4.79 Å². The highest BCUT2D eigenvalue weighted by molar-refractivity contribution is 5.94. The van der Waals surface area contributed by atoms with E-state index in [9.17, 15) is 4.79 Å². The van der Waals surface area contributed by atoms with Gasteiger partial charge in [0.15, 0.2) is 5.78 Å². The minimum absolute atomic E-state index is 0.140. The first-order chi connectivity index (χ1) is 12.7. The molecule has 0 amide bonds. The van der Waals surface area contributed by atoms with E-state index < -0.39 is 0 Å². The molecule has 0 aromatic heterocycles. The minimum Gasteiger partial charge on any atom is -0.295 e. The third kappa shape index (κ3) is 6.06. The van der Waals surface area contributed by atoms with Crippen LogP contribution >= 0.6 is 0 Å².